The third-order valence-electron chi connectivity index (χ3n) is 4.32. The normalized spacial score (nSPS) is 18.8. The Balaban J connectivity index is 0.000000206. The van der Waals surface area contributed by atoms with E-state index in [9.17, 15) is 0 Å². The summed E-state index contributed by atoms with van der Waals surface area (Å²) in [4.78, 5) is 0. The second-order valence-corrected chi connectivity index (χ2v) is 18.8. The van der Waals surface area contributed by atoms with E-state index in [2.05, 4.69) is 35.8 Å². The molecule has 26 heavy (non-hydrogen) atoms. The van der Waals surface area contributed by atoms with Crippen molar-refractivity contribution in [2.45, 2.75) is 12.1 Å². The first kappa shape index (κ1) is 19.4. The lowest BCUT2D eigenvalue weighted by atomic mass is 10.3. The van der Waals surface area contributed by atoms with Gasteiger partial charge < -0.3 is 8.85 Å². The SMILES string of the molecule is C=C[Si]1(C=C)CCS1.c1ccc(O[Si]2(Oc3ccccc3)CCS2)cc1. The van der Waals surface area contributed by atoms with Crippen LogP contribution in [0.1, 0.15) is 0 Å². The fourth-order valence-corrected chi connectivity index (χ4v) is 11.2. The van der Waals surface area contributed by atoms with Crippen molar-refractivity contribution in [1.29, 1.82) is 0 Å². The molecule has 0 radical (unpaired) electrons. The summed E-state index contributed by atoms with van der Waals surface area (Å²) < 4.78 is 12.2. The van der Waals surface area contributed by atoms with Crippen LogP contribution in [-0.4, -0.2) is 26.4 Å². The van der Waals surface area contributed by atoms with Gasteiger partial charge in [0.05, 0.1) is 0 Å². The summed E-state index contributed by atoms with van der Waals surface area (Å²) in [6.07, 6.45) is 0. The predicted octanol–water partition coefficient (Wildman–Crippen LogP) is 5.96. The standard InChI is InChI=1S/C14H14O2SSi.C6H10SSi/c1-3-7-13(8-4-1)15-18(12-11-17-18)16-14-9-5-2-6-10-14;1-3-8(4-2)6-5-7-8/h1-10H,11-12H2;3-4H,1-2,5-6H2. The fourth-order valence-electron chi connectivity index (χ4n) is 2.53. The van der Waals surface area contributed by atoms with Crippen LogP contribution in [0.2, 0.25) is 12.1 Å². The molecule has 2 aromatic carbocycles. The maximum atomic E-state index is 6.12. The first-order valence-corrected chi connectivity index (χ1v) is 16.5. The van der Waals surface area contributed by atoms with Gasteiger partial charge in [0, 0.05) is 6.04 Å². The Hall–Kier alpha value is -1.35. The van der Waals surface area contributed by atoms with Crippen LogP contribution in [0.3, 0.4) is 0 Å². The summed E-state index contributed by atoms with van der Waals surface area (Å²) in [7, 11) is -3.15. The second kappa shape index (κ2) is 9.04. The zero-order chi connectivity index (χ0) is 18.3. The van der Waals surface area contributed by atoms with Crippen LogP contribution < -0.4 is 8.85 Å². The highest BCUT2D eigenvalue weighted by Gasteiger charge is 2.51. The van der Waals surface area contributed by atoms with Gasteiger partial charge in [0.25, 0.3) is 0 Å². The van der Waals surface area contributed by atoms with Crippen LogP contribution in [0.25, 0.3) is 0 Å². The minimum absolute atomic E-state index is 0.910. The molecule has 0 spiro atoms. The van der Waals surface area contributed by atoms with E-state index >= 15 is 0 Å². The molecule has 4 rings (SSSR count). The third kappa shape index (κ3) is 4.88. The van der Waals surface area contributed by atoms with E-state index in [1.165, 1.54) is 11.8 Å². The topological polar surface area (TPSA) is 18.5 Å². The number of benzene rings is 2. The number of rotatable bonds is 6. The highest BCUT2D eigenvalue weighted by Crippen LogP contribution is 2.40. The van der Waals surface area contributed by atoms with Crippen molar-refractivity contribution in [1.82, 2.24) is 0 Å². The van der Waals surface area contributed by atoms with Crippen molar-refractivity contribution in [3.63, 3.8) is 0 Å². The van der Waals surface area contributed by atoms with E-state index in [1.54, 1.807) is 0 Å². The molecule has 0 N–H and O–H groups in total. The van der Waals surface area contributed by atoms with E-state index in [0.29, 0.717) is 0 Å². The maximum Gasteiger partial charge on any atom is 0.531 e. The van der Waals surface area contributed by atoms with Crippen molar-refractivity contribution >= 4 is 37.4 Å². The first-order valence-electron chi connectivity index (χ1n) is 8.72. The summed E-state index contributed by atoms with van der Waals surface area (Å²) >= 11 is 3.89. The van der Waals surface area contributed by atoms with Gasteiger partial charge in [-0.1, -0.05) is 47.8 Å². The highest BCUT2D eigenvalue weighted by molar-refractivity contribution is 8.32. The van der Waals surface area contributed by atoms with Gasteiger partial charge in [0.15, 0.2) is 7.22 Å². The monoisotopic (exact) mass is 416 g/mol. The quantitative estimate of drug-likeness (QED) is 0.541. The Labute approximate surface area is 166 Å². The molecular formula is C20H24O2S2Si2. The van der Waals surface area contributed by atoms with Crippen LogP contribution in [0, 0.1) is 0 Å². The Morgan fingerprint density at radius 2 is 1.15 bits per heavy atom. The molecule has 0 unspecified atom stereocenters. The van der Waals surface area contributed by atoms with Crippen molar-refractivity contribution in [2.75, 3.05) is 11.5 Å². The lowest BCUT2D eigenvalue weighted by Crippen LogP contribution is -2.52. The van der Waals surface area contributed by atoms with Gasteiger partial charge >= 0.3 is 7.71 Å². The molecule has 2 nitrogen and oxygen atoms in total. The fraction of sp³-hybridized carbons (Fsp3) is 0.200. The maximum absolute atomic E-state index is 6.12. The van der Waals surface area contributed by atoms with E-state index < -0.39 is 14.9 Å². The van der Waals surface area contributed by atoms with Gasteiger partial charge in [0.1, 0.15) is 11.5 Å². The van der Waals surface area contributed by atoms with Crippen LogP contribution in [-0.2, 0) is 0 Å². The highest BCUT2D eigenvalue weighted by atomic mass is 32.4. The molecule has 2 aromatic rings. The van der Waals surface area contributed by atoms with Crippen LogP contribution in [0.15, 0.2) is 85.2 Å². The third-order valence-corrected chi connectivity index (χ3v) is 18.1. The smallest absolute Gasteiger partial charge is 0.505 e. The molecule has 0 saturated carbocycles. The Morgan fingerprint density at radius 3 is 1.38 bits per heavy atom. The van der Waals surface area contributed by atoms with E-state index in [4.69, 9.17) is 8.85 Å². The summed E-state index contributed by atoms with van der Waals surface area (Å²) in [6.45, 7) is 7.59. The Morgan fingerprint density at radius 1 is 0.731 bits per heavy atom. The zero-order valence-corrected chi connectivity index (χ0v) is 18.4. The van der Waals surface area contributed by atoms with Crippen molar-refractivity contribution in [2.24, 2.45) is 0 Å². The van der Waals surface area contributed by atoms with E-state index in [0.717, 1.165) is 23.3 Å². The lowest BCUT2D eigenvalue weighted by molar-refractivity contribution is 0.408. The van der Waals surface area contributed by atoms with Crippen molar-refractivity contribution in [3.8, 4) is 11.5 Å². The molecule has 0 aliphatic carbocycles. The number of hydrogen-bond acceptors (Lipinski definition) is 4. The van der Waals surface area contributed by atoms with E-state index in [-0.39, 0.29) is 0 Å². The molecular weight excluding hydrogens is 393 g/mol. The zero-order valence-electron chi connectivity index (χ0n) is 14.8. The summed E-state index contributed by atoms with van der Waals surface area (Å²) in [5.41, 5.74) is 4.24. The van der Waals surface area contributed by atoms with Gasteiger partial charge in [-0.25, -0.2) is 0 Å². The molecule has 0 amide bonds. The van der Waals surface area contributed by atoms with Crippen LogP contribution >= 0.6 is 22.4 Å². The molecule has 0 aromatic heterocycles. The Kier molecular flexibility index (Phi) is 6.75. The average Bonchev–Trinajstić information content (AvgIpc) is 2.62. The van der Waals surface area contributed by atoms with Gasteiger partial charge in [0.2, 0.25) is 0 Å². The number of hydrogen-bond donors (Lipinski definition) is 0. The first-order chi connectivity index (χ1) is 12.7. The molecule has 2 aliphatic rings. The predicted molar refractivity (Wildman–Crippen MR) is 121 cm³/mol. The minimum atomic E-state index is -2.11. The molecule has 2 aliphatic heterocycles. The van der Waals surface area contributed by atoms with Gasteiger partial charge in [-0.15, -0.1) is 24.4 Å². The lowest BCUT2D eigenvalue weighted by Gasteiger charge is -2.36. The molecule has 2 heterocycles. The van der Waals surface area contributed by atoms with Gasteiger partial charge in [-0.05, 0) is 41.8 Å². The largest absolute Gasteiger partial charge is 0.531 e. The van der Waals surface area contributed by atoms with E-state index in [1.807, 2.05) is 71.9 Å². The molecule has 2 fully saturated rings. The molecule has 0 bridgehead atoms. The second-order valence-electron chi connectivity index (χ2n) is 6.07. The summed E-state index contributed by atoms with van der Waals surface area (Å²) in [5, 5.41) is 0. The van der Waals surface area contributed by atoms with Crippen LogP contribution in [0.4, 0.5) is 0 Å². The summed E-state index contributed by atoms with van der Waals surface area (Å²) in [6, 6.07) is 22.3. The molecule has 0 atom stereocenters. The van der Waals surface area contributed by atoms with Gasteiger partial charge in [-0.2, -0.15) is 11.2 Å². The summed E-state index contributed by atoms with van der Waals surface area (Å²) in [5.74, 6) is 4.27. The molecule has 136 valence electrons. The number of para-hydroxylation sites is 2. The van der Waals surface area contributed by atoms with Crippen LogP contribution in [0.5, 0.6) is 11.5 Å². The minimum Gasteiger partial charge on any atom is -0.505 e. The van der Waals surface area contributed by atoms with Gasteiger partial charge in [-0.3, -0.25) is 0 Å². The molecule has 6 heteroatoms. The van der Waals surface area contributed by atoms with Crippen molar-refractivity contribution in [3.05, 3.63) is 85.2 Å². The van der Waals surface area contributed by atoms with Crippen molar-refractivity contribution < 1.29 is 8.85 Å². The average molecular weight is 417 g/mol. The molecule has 2 saturated heterocycles. The Bertz CT molecular complexity index is 664.